The Morgan fingerprint density at radius 1 is 1.32 bits per heavy atom. The number of anilines is 1. The minimum Gasteiger partial charge on any atom is -0.372 e. The number of nitrogens with one attached hydrogen (secondary N) is 1. The zero-order valence-electron chi connectivity index (χ0n) is 11.8. The fourth-order valence-electron chi connectivity index (χ4n) is 2.97. The zero-order chi connectivity index (χ0) is 13.3. The van der Waals surface area contributed by atoms with Crippen LogP contribution in [0.3, 0.4) is 0 Å². The van der Waals surface area contributed by atoms with Crippen molar-refractivity contribution in [1.82, 2.24) is 15.5 Å². The van der Waals surface area contributed by atoms with Crippen molar-refractivity contribution in [2.75, 3.05) is 37.7 Å². The lowest BCUT2D eigenvalue weighted by atomic mass is 9.90. The van der Waals surface area contributed by atoms with Crippen LogP contribution in [0.5, 0.6) is 0 Å². The van der Waals surface area contributed by atoms with Crippen molar-refractivity contribution in [2.45, 2.75) is 32.3 Å². The molecule has 104 valence electrons. The van der Waals surface area contributed by atoms with Gasteiger partial charge in [0.15, 0.2) is 5.82 Å². The van der Waals surface area contributed by atoms with E-state index in [0.29, 0.717) is 0 Å². The zero-order valence-corrected chi connectivity index (χ0v) is 11.8. The largest absolute Gasteiger partial charge is 0.372 e. The average Bonchev–Trinajstić information content (AvgIpc) is 2.44. The van der Waals surface area contributed by atoms with Gasteiger partial charge in [0, 0.05) is 26.2 Å². The lowest BCUT2D eigenvalue weighted by Gasteiger charge is -2.44. The van der Waals surface area contributed by atoms with E-state index in [0.717, 1.165) is 51.4 Å². The minimum atomic E-state index is 0.0555. The number of hydrogen-bond donors (Lipinski definition) is 1. The van der Waals surface area contributed by atoms with Gasteiger partial charge in [0.1, 0.15) is 0 Å². The topological polar surface area (TPSA) is 50.3 Å². The molecule has 19 heavy (non-hydrogen) atoms. The monoisotopic (exact) mass is 262 g/mol. The molecule has 0 aromatic carbocycles. The fraction of sp³-hybridized carbons (Fsp3) is 0.714. The molecule has 5 nitrogen and oxygen atoms in total. The van der Waals surface area contributed by atoms with Crippen molar-refractivity contribution >= 4 is 5.82 Å². The maximum Gasteiger partial charge on any atom is 0.154 e. The third kappa shape index (κ3) is 2.44. The van der Waals surface area contributed by atoms with Crippen molar-refractivity contribution in [2.24, 2.45) is 0 Å². The third-order valence-corrected chi connectivity index (χ3v) is 4.44. The summed E-state index contributed by atoms with van der Waals surface area (Å²) in [6.07, 6.45) is 3.96. The molecule has 1 N–H and O–H groups in total. The number of morpholine rings is 1. The first-order valence-electron chi connectivity index (χ1n) is 7.09. The molecule has 0 unspecified atom stereocenters. The van der Waals surface area contributed by atoms with Gasteiger partial charge in [0.05, 0.1) is 18.4 Å². The lowest BCUT2D eigenvalue weighted by molar-refractivity contribution is -0.0800. The van der Waals surface area contributed by atoms with Crippen LogP contribution in [0.4, 0.5) is 5.82 Å². The third-order valence-electron chi connectivity index (χ3n) is 4.44. The molecule has 2 aliphatic rings. The van der Waals surface area contributed by atoms with Crippen molar-refractivity contribution in [3.63, 3.8) is 0 Å². The lowest BCUT2D eigenvalue weighted by Crippen LogP contribution is -2.55. The van der Waals surface area contributed by atoms with E-state index in [1.54, 1.807) is 0 Å². The molecule has 0 aliphatic carbocycles. The maximum atomic E-state index is 6.02. The van der Waals surface area contributed by atoms with E-state index in [2.05, 4.69) is 34.3 Å². The van der Waals surface area contributed by atoms with E-state index in [9.17, 15) is 0 Å². The van der Waals surface area contributed by atoms with Crippen molar-refractivity contribution in [3.05, 3.63) is 17.3 Å². The maximum absolute atomic E-state index is 6.02. The Morgan fingerprint density at radius 2 is 2.11 bits per heavy atom. The van der Waals surface area contributed by atoms with Crippen LogP contribution in [0.2, 0.25) is 0 Å². The van der Waals surface area contributed by atoms with Gasteiger partial charge in [-0.2, -0.15) is 5.10 Å². The smallest absolute Gasteiger partial charge is 0.154 e. The predicted octanol–water partition coefficient (Wildman–Crippen LogP) is 1.05. The number of aryl methyl sites for hydroxylation is 1. The molecule has 0 saturated carbocycles. The number of nitrogens with zero attached hydrogens (tertiary/aromatic N) is 3. The van der Waals surface area contributed by atoms with Gasteiger partial charge < -0.3 is 15.0 Å². The molecular weight excluding hydrogens is 240 g/mol. The van der Waals surface area contributed by atoms with E-state index in [-0.39, 0.29) is 5.60 Å². The Balaban J connectivity index is 1.71. The summed E-state index contributed by atoms with van der Waals surface area (Å²) in [5.41, 5.74) is 2.51. The van der Waals surface area contributed by atoms with E-state index < -0.39 is 0 Å². The summed E-state index contributed by atoms with van der Waals surface area (Å²) in [6, 6.07) is 0. The molecule has 0 atom stereocenters. The molecule has 3 heterocycles. The van der Waals surface area contributed by atoms with Gasteiger partial charge in [-0.05, 0) is 37.8 Å². The van der Waals surface area contributed by atoms with Crippen LogP contribution in [0, 0.1) is 13.8 Å². The van der Waals surface area contributed by atoms with Gasteiger partial charge in [-0.1, -0.05) is 0 Å². The van der Waals surface area contributed by atoms with Gasteiger partial charge in [0.25, 0.3) is 0 Å². The van der Waals surface area contributed by atoms with Crippen LogP contribution in [-0.4, -0.2) is 48.6 Å². The molecule has 0 bridgehead atoms. The highest BCUT2D eigenvalue weighted by Crippen LogP contribution is 2.30. The van der Waals surface area contributed by atoms with Crippen LogP contribution in [0.1, 0.15) is 24.0 Å². The molecule has 1 spiro atoms. The van der Waals surface area contributed by atoms with Crippen molar-refractivity contribution in [3.8, 4) is 0 Å². The minimum absolute atomic E-state index is 0.0555. The second kappa shape index (κ2) is 5.06. The predicted molar refractivity (Wildman–Crippen MR) is 74.5 cm³/mol. The van der Waals surface area contributed by atoms with Crippen LogP contribution in [0.25, 0.3) is 0 Å². The molecule has 0 radical (unpaired) electrons. The summed E-state index contributed by atoms with van der Waals surface area (Å²) in [5.74, 6) is 1.04. The molecule has 1 aromatic heterocycles. The summed E-state index contributed by atoms with van der Waals surface area (Å²) >= 11 is 0. The second-order valence-electron chi connectivity index (χ2n) is 5.67. The highest BCUT2D eigenvalue weighted by Gasteiger charge is 2.37. The molecule has 5 heteroatoms. The highest BCUT2D eigenvalue weighted by atomic mass is 16.5. The van der Waals surface area contributed by atoms with Crippen LogP contribution < -0.4 is 10.2 Å². The summed E-state index contributed by atoms with van der Waals surface area (Å²) in [7, 11) is 0. The van der Waals surface area contributed by atoms with E-state index >= 15 is 0 Å². The number of ether oxygens (including phenoxy) is 1. The molecule has 2 saturated heterocycles. The summed E-state index contributed by atoms with van der Waals surface area (Å²) in [4.78, 5) is 2.35. The van der Waals surface area contributed by atoms with E-state index in [1.165, 1.54) is 11.1 Å². The van der Waals surface area contributed by atoms with Crippen LogP contribution >= 0.6 is 0 Å². The van der Waals surface area contributed by atoms with E-state index in [4.69, 9.17) is 4.74 Å². The first-order chi connectivity index (χ1) is 9.20. The van der Waals surface area contributed by atoms with Crippen LogP contribution in [0.15, 0.2) is 6.20 Å². The first-order valence-corrected chi connectivity index (χ1v) is 7.09. The number of hydrogen-bond acceptors (Lipinski definition) is 5. The normalized spacial score (nSPS) is 22.7. The molecule has 0 amide bonds. The number of aromatic nitrogens is 2. The van der Waals surface area contributed by atoms with Gasteiger partial charge in [-0.3, -0.25) is 0 Å². The Morgan fingerprint density at radius 3 is 2.79 bits per heavy atom. The first kappa shape index (κ1) is 12.8. The fourth-order valence-corrected chi connectivity index (χ4v) is 2.97. The Labute approximate surface area is 114 Å². The molecule has 3 rings (SSSR count). The quantitative estimate of drug-likeness (QED) is 0.820. The SMILES string of the molecule is Cc1cnnc(N2CCC3(CC2)CNCCO3)c1C. The average molecular weight is 262 g/mol. The molecular formula is C14H22N4O. The Kier molecular flexibility index (Phi) is 3.41. The van der Waals surface area contributed by atoms with Crippen molar-refractivity contribution in [1.29, 1.82) is 0 Å². The standard InChI is InChI=1S/C14H22N4O/c1-11-9-16-17-13(12(11)2)18-6-3-14(4-7-18)10-15-5-8-19-14/h9,15H,3-8,10H2,1-2H3. The van der Waals surface area contributed by atoms with Gasteiger partial charge in [0.2, 0.25) is 0 Å². The summed E-state index contributed by atoms with van der Waals surface area (Å²) in [6.45, 7) is 9.02. The van der Waals surface area contributed by atoms with E-state index in [1.807, 2.05) is 6.20 Å². The number of rotatable bonds is 1. The summed E-state index contributed by atoms with van der Waals surface area (Å²) < 4.78 is 6.02. The van der Waals surface area contributed by atoms with Crippen molar-refractivity contribution < 1.29 is 4.74 Å². The Hall–Kier alpha value is -1.20. The molecule has 2 aliphatic heterocycles. The second-order valence-corrected chi connectivity index (χ2v) is 5.67. The van der Waals surface area contributed by atoms with Gasteiger partial charge in [-0.15, -0.1) is 5.10 Å². The van der Waals surface area contributed by atoms with Crippen LogP contribution in [-0.2, 0) is 4.74 Å². The van der Waals surface area contributed by atoms with Gasteiger partial charge in [-0.25, -0.2) is 0 Å². The summed E-state index contributed by atoms with van der Waals surface area (Å²) in [5, 5.41) is 11.9. The Bertz CT molecular complexity index is 447. The molecule has 2 fully saturated rings. The molecule has 1 aromatic rings. The highest BCUT2D eigenvalue weighted by molar-refractivity contribution is 5.48. The number of piperidine rings is 1. The van der Waals surface area contributed by atoms with Gasteiger partial charge >= 0.3 is 0 Å².